The molecular weight excluding hydrogens is 336 g/mol. The molecule has 0 saturated carbocycles. The molecule has 0 radical (unpaired) electrons. The number of hydrogen-bond donors (Lipinski definition) is 2. The Morgan fingerprint density at radius 1 is 1.00 bits per heavy atom. The molecule has 6 heteroatoms. The molecule has 25 heavy (non-hydrogen) atoms. The lowest BCUT2D eigenvalue weighted by molar-refractivity contribution is 0.0601. The maximum Gasteiger partial charge on any atom is 0.341 e. The molecule has 0 bridgehead atoms. The zero-order valence-corrected chi connectivity index (χ0v) is 15.1. The molecule has 2 amide bonds. The van der Waals surface area contributed by atoms with Gasteiger partial charge in [0, 0.05) is 10.6 Å². The number of hydrogen-bond acceptors (Lipinski definition) is 4. The van der Waals surface area contributed by atoms with Gasteiger partial charge in [-0.1, -0.05) is 31.0 Å². The molecule has 0 fully saturated rings. The number of benzene rings is 1. The van der Waals surface area contributed by atoms with E-state index in [4.69, 9.17) is 4.74 Å². The van der Waals surface area contributed by atoms with Gasteiger partial charge < -0.3 is 10.1 Å². The van der Waals surface area contributed by atoms with Crippen LogP contribution in [0.1, 0.15) is 46.5 Å². The Bertz CT molecular complexity index is 756. The molecular formula is C19H22N2O3S. The summed E-state index contributed by atoms with van der Waals surface area (Å²) < 4.78 is 4.97. The molecule has 5 nitrogen and oxygen atoms in total. The molecule has 2 N–H and O–H groups in total. The first kappa shape index (κ1) is 17.5. The van der Waals surface area contributed by atoms with Crippen LogP contribution < -0.4 is 10.6 Å². The highest BCUT2D eigenvalue weighted by Crippen LogP contribution is 2.37. The van der Waals surface area contributed by atoms with Crippen LogP contribution in [0.25, 0.3) is 0 Å². The van der Waals surface area contributed by atoms with Crippen LogP contribution >= 0.6 is 11.3 Å². The fourth-order valence-corrected chi connectivity index (χ4v) is 4.38. The van der Waals surface area contributed by atoms with Gasteiger partial charge in [0.05, 0.1) is 12.7 Å². The van der Waals surface area contributed by atoms with Gasteiger partial charge in [0.2, 0.25) is 0 Å². The lowest BCUT2D eigenvalue weighted by Crippen LogP contribution is -2.20. The quantitative estimate of drug-likeness (QED) is 0.772. The van der Waals surface area contributed by atoms with E-state index in [2.05, 4.69) is 10.6 Å². The van der Waals surface area contributed by atoms with E-state index in [1.54, 1.807) is 0 Å². The Hall–Kier alpha value is -2.34. The van der Waals surface area contributed by atoms with Crippen molar-refractivity contribution in [1.82, 2.24) is 0 Å². The first-order valence-electron chi connectivity index (χ1n) is 8.55. The maximum atomic E-state index is 12.3. The number of carbonyl (C=O) groups is 2. The largest absolute Gasteiger partial charge is 0.465 e. The molecule has 3 rings (SSSR count). The molecule has 1 heterocycles. The lowest BCUT2D eigenvalue weighted by atomic mass is 9.96. The van der Waals surface area contributed by atoms with Gasteiger partial charge >= 0.3 is 12.0 Å². The summed E-state index contributed by atoms with van der Waals surface area (Å²) in [6, 6.07) is 8.87. The Morgan fingerprint density at radius 2 is 1.72 bits per heavy atom. The van der Waals surface area contributed by atoms with Gasteiger partial charge in [0.25, 0.3) is 0 Å². The van der Waals surface area contributed by atoms with E-state index < -0.39 is 0 Å². The van der Waals surface area contributed by atoms with E-state index in [-0.39, 0.29) is 12.0 Å². The van der Waals surface area contributed by atoms with E-state index in [1.807, 2.05) is 30.3 Å². The van der Waals surface area contributed by atoms with Crippen LogP contribution in [0.15, 0.2) is 30.3 Å². The van der Waals surface area contributed by atoms with Crippen LogP contribution in [0.4, 0.5) is 15.5 Å². The first-order chi connectivity index (χ1) is 12.2. The number of nitrogens with one attached hydrogen (secondary N) is 2. The van der Waals surface area contributed by atoms with E-state index >= 15 is 0 Å². The van der Waals surface area contributed by atoms with Gasteiger partial charge in [-0.3, -0.25) is 5.32 Å². The lowest BCUT2D eigenvalue weighted by Gasteiger charge is -2.11. The number of rotatable bonds is 3. The average Bonchev–Trinajstić information content (AvgIpc) is 2.91. The maximum absolute atomic E-state index is 12.3. The number of carbonyl (C=O) groups excluding carboxylic acids is 2. The molecule has 1 aliphatic rings. The van der Waals surface area contributed by atoms with Gasteiger partial charge in [-0.15, -0.1) is 11.3 Å². The number of esters is 1. The molecule has 132 valence electrons. The number of amides is 2. The third-order valence-corrected chi connectivity index (χ3v) is 5.53. The second-order valence-electron chi connectivity index (χ2n) is 6.06. The minimum Gasteiger partial charge on any atom is -0.465 e. The second-order valence-corrected chi connectivity index (χ2v) is 7.16. The number of urea groups is 1. The number of para-hydroxylation sites is 1. The third-order valence-electron chi connectivity index (χ3n) is 4.32. The van der Waals surface area contributed by atoms with Crippen LogP contribution in [0.2, 0.25) is 0 Å². The second kappa shape index (κ2) is 8.16. The molecule has 0 aliphatic heterocycles. The van der Waals surface area contributed by atoms with E-state index in [0.29, 0.717) is 16.3 Å². The standard InChI is InChI=1S/C19H22N2O3S/c1-24-18(22)16-14-11-7-2-3-8-12-15(14)25-17(16)21-19(23)20-13-9-5-4-6-10-13/h4-6,9-10H,2-3,7-8,11-12H2,1H3,(H2,20,21,23). The van der Waals surface area contributed by atoms with Crippen molar-refractivity contribution in [2.45, 2.75) is 38.5 Å². The first-order valence-corrected chi connectivity index (χ1v) is 9.36. The summed E-state index contributed by atoms with van der Waals surface area (Å²) in [5.41, 5.74) is 2.27. The molecule has 0 unspecified atom stereocenters. The monoisotopic (exact) mass is 358 g/mol. The van der Waals surface area contributed by atoms with Crippen molar-refractivity contribution >= 4 is 34.0 Å². The third kappa shape index (κ3) is 4.20. The summed E-state index contributed by atoms with van der Waals surface area (Å²) in [6.07, 6.45) is 6.37. The van der Waals surface area contributed by atoms with Crippen LogP contribution in [-0.2, 0) is 17.6 Å². The number of ether oxygens (including phenoxy) is 1. The van der Waals surface area contributed by atoms with Gasteiger partial charge in [0.15, 0.2) is 0 Å². The predicted molar refractivity (Wildman–Crippen MR) is 101 cm³/mol. The fourth-order valence-electron chi connectivity index (χ4n) is 3.11. The topological polar surface area (TPSA) is 67.4 Å². The molecule has 1 aliphatic carbocycles. The highest BCUT2D eigenvalue weighted by molar-refractivity contribution is 7.17. The SMILES string of the molecule is COC(=O)c1c(NC(=O)Nc2ccccc2)sc2c1CCCCCC2. The minimum atomic E-state index is -0.381. The summed E-state index contributed by atoms with van der Waals surface area (Å²) >= 11 is 1.49. The van der Waals surface area contributed by atoms with Gasteiger partial charge in [0.1, 0.15) is 5.00 Å². The fraction of sp³-hybridized carbons (Fsp3) is 0.368. The van der Waals surface area contributed by atoms with Crippen LogP contribution in [0.5, 0.6) is 0 Å². The smallest absolute Gasteiger partial charge is 0.341 e. The highest BCUT2D eigenvalue weighted by atomic mass is 32.1. The zero-order valence-electron chi connectivity index (χ0n) is 14.3. The highest BCUT2D eigenvalue weighted by Gasteiger charge is 2.25. The van der Waals surface area contributed by atoms with Crippen molar-refractivity contribution in [2.75, 3.05) is 17.7 Å². The molecule has 1 aromatic carbocycles. The van der Waals surface area contributed by atoms with Crippen molar-refractivity contribution in [2.24, 2.45) is 0 Å². The number of methoxy groups -OCH3 is 1. The number of aryl methyl sites for hydroxylation is 1. The zero-order chi connectivity index (χ0) is 17.6. The Labute approximate surface area is 151 Å². The van der Waals surface area contributed by atoms with E-state index in [1.165, 1.54) is 36.2 Å². The number of thiophene rings is 1. The summed E-state index contributed by atoms with van der Waals surface area (Å²) in [7, 11) is 1.38. The number of fused-ring (bicyclic) bond motifs is 1. The Balaban J connectivity index is 1.85. The van der Waals surface area contributed by atoms with Crippen LogP contribution in [0.3, 0.4) is 0 Å². The van der Waals surface area contributed by atoms with Crippen molar-refractivity contribution in [1.29, 1.82) is 0 Å². The van der Waals surface area contributed by atoms with Gasteiger partial charge in [-0.2, -0.15) is 0 Å². The number of anilines is 2. The van der Waals surface area contributed by atoms with Gasteiger partial charge in [-0.05, 0) is 43.4 Å². The average molecular weight is 358 g/mol. The van der Waals surface area contributed by atoms with Crippen molar-refractivity contribution < 1.29 is 14.3 Å². The van der Waals surface area contributed by atoms with Crippen LogP contribution in [-0.4, -0.2) is 19.1 Å². The molecule has 0 atom stereocenters. The predicted octanol–water partition coefficient (Wildman–Crippen LogP) is 4.84. The minimum absolute atomic E-state index is 0.356. The molecule has 2 aromatic rings. The normalized spacial score (nSPS) is 14.0. The van der Waals surface area contributed by atoms with E-state index in [9.17, 15) is 9.59 Å². The summed E-state index contributed by atoms with van der Waals surface area (Å²) in [4.78, 5) is 25.8. The van der Waals surface area contributed by atoms with Gasteiger partial charge in [-0.25, -0.2) is 9.59 Å². The van der Waals surface area contributed by atoms with Crippen LogP contribution in [0, 0.1) is 0 Å². The van der Waals surface area contributed by atoms with E-state index in [0.717, 1.165) is 31.2 Å². The summed E-state index contributed by atoms with van der Waals surface area (Å²) in [6.45, 7) is 0. The van der Waals surface area contributed by atoms with Crippen molar-refractivity contribution in [3.8, 4) is 0 Å². The summed E-state index contributed by atoms with van der Waals surface area (Å²) in [5.74, 6) is -0.381. The Morgan fingerprint density at radius 3 is 2.44 bits per heavy atom. The van der Waals surface area contributed by atoms with Crippen molar-refractivity contribution in [3.63, 3.8) is 0 Å². The molecule has 0 spiro atoms. The summed E-state index contributed by atoms with van der Waals surface area (Å²) in [5, 5.41) is 6.20. The molecule has 0 saturated heterocycles. The van der Waals surface area contributed by atoms with Crippen molar-refractivity contribution in [3.05, 3.63) is 46.3 Å². The Kier molecular flexibility index (Phi) is 5.71. The molecule has 1 aromatic heterocycles.